The van der Waals surface area contributed by atoms with Crippen LogP contribution in [-0.2, 0) is 14.3 Å². The minimum Gasteiger partial charge on any atom is -0.481 e. The Morgan fingerprint density at radius 1 is 1.00 bits per heavy atom. The van der Waals surface area contributed by atoms with E-state index in [1.54, 1.807) is 0 Å². The summed E-state index contributed by atoms with van der Waals surface area (Å²) in [7, 11) is 0. The minimum atomic E-state index is -1.19. The number of rotatable bonds is 8. The van der Waals surface area contributed by atoms with E-state index in [9.17, 15) is 14.4 Å². The second-order valence-electron chi connectivity index (χ2n) is 8.26. The molecule has 2 aromatic carbocycles. The summed E-state index contributed by atoms with van der Waals surface area (Å²) in [4.78, 5) is 36.1. The van der Waals surface area contributed by atoms with Crippen molar-refractivity contribution in [2.45, 2.75) is 44.2 Å². The zero-order chi connectivity index (χ0) is 22.0. The monoisotopic (exact) mass is 422 g/mol. The Hall–Kier alpha value is -3.35. The van der Waals surface area contributed by atoms with Crippen LogP contribution in [0, 0.1) is 5.92 Å². The molecule has 0 bridgehead atoms. The van der Waals surface area contributed by atoms with Crippen LogP contribution in [-0.4, -0.2) is 41.8 Å². The summed E-state index contributed by atoms with van der Waals surface area (Å²) >= 11 is 0. The molecule has 0 radical (unpaired) electrons. The van der Waals surface area contributed by atoms with E-state index in [1.165, 1.54) is 0 Å². The van der Waals surface area contributed by atoms with Gasteiger partial charge in [-0.25, -0.2) is 4.79 Å². The van der Waals surface area contributed by atoms with Crippen LogP contribution in [0.2, 0.25) is 0 Å². The molecule has 1 saturated carbocycles. The van der Waals surface area contributed by atoms with Gasteiger partial charge >= 0.3 is 12.1 Å². The highest BCUT2D eigenvalue weighted by molar-refractivity contribution is 5.89. The lowest BCUT2D eigenvalue weighted by Gasteiger charge is -2.21. The molecule has 0 heterocycles. The van der Waals surface area contributed by atoms with Gasteiger partial charge in [0.1, 0.15) is 12.6 Å². The number of carbonyl (C=O) groups excluding carboxylic acids is 2. The summed E-state index contributed by atoms with van der Waals surface area (Å²) in [5.74, 6) is -1.36. The molecule has 0 saturated heterocycles. The molecule has 7 nitrogen and oxygen atoms in total. The van der Waals surface area contributed by atoms with Gasteiger partial charge < -0.3 is 20.5 Å². The van der Waals surface area contributed by atoms with Crippen LogP contribution >= 0.6 is 0 Å². The van der Waals surface area contributed by atoms with Gasteiger partial charge in [0, 0.05) is 12.0 Å². The van der Waals surface area contributed by atoms with E-state index in [-0.39, 0.29) is 18.6 Å². The molecule has 0 aliphatic heterocycles. The minimum absolute atomic E-state index is 0.0480. The van der Waals surface area contributed by atoms with Crippen molar-refractivity contribution in [1.29, 1.82) is 0 Å². The first-order valence-electron chi connectivity index (χ1n) is 10.6. The van der Waals surface area contributed by atoms with Gasteiger partial charge in [-0.3, -0.25) is 9.59 Å². The highest BCUT2D eigenvalue weighted by Gasteiger charge is 2.33. The molecule has 2 aliphatic carbocycles. The second-order valence-corrected chi connectivity index (χ2v) is 8.26. The molecule has 4 rings (SSSR count). The third-order valence-electron chi connectivity index (χ3n) is 6.03. The van der Waals surface area contributed by atoms with E-state index in [0.29, 0.717) is 5.92 Å². The number of carbonyl (C=O) groups is 3. The Morgan fingerprint density at radius 3 is 2.13 bits per heavy atom. The van der Waals surface area contributed by atoms with Crippen LogP contribution in [0.25, 0.3) is 11.1 Å². The first kappa shape index (κ1) is 20.9. The van der Waals surface area contributed by atoms with Gasteiger partial charge in [0.15, 0.2) is 0 Å². The van der Waals surface area contributed by atoms with E-state index in [1.807, 2.05) is 55.5 Å². The molecule has 1 fully saturated rings. The normalized spacial score (nSPS) is 16.5. The lowest BCUT2D eigenvalue weighted by molar-refractivity contribution is -0.140. The molecular formula is C24H26N2O5. The number of aliphatic carboxylic acids is 1. The molecule has 2 unspecified atom stereocenters. The van der Waals surface area contributed by atoms with Crippen molar-refractivity contribution < 1.29 is 24.2 Å². The maximum Gasteiger partial charge on any atom is 0.407 e. The van der Waals surface area contributed by atoms with Crippen molar-refractivity contribution in [3.8, 4) is 11.1 Å². The Bertz CT molecular complexity index is 955. The van der Waals surface area contributed by atoms with Gasteiger partial charge in [-0.15, -0.1) is 0 Å². The van der Waals surface area contributed by atoms with Gasteiger partial charge in [-0.1, -0.05) is 48.5 Å². The number of carboxylic acid groups (broad SMARTS) is 1. The number of amides is 2. The number of ether oxygens (including phenoxy) is 1. The smallest absolute Gasteiger partial charge is 0.407 e. The average Bonchev–Trinajstić information content (AvgIpc) is 3.55. The fraction of sp³-hybridized carbons (Fsp3) is 0.375. The van der Waals surface area contributed by atoms with Crippen molar-refractivity contribution in [2.24, 2.45) is 5.92 Å². The third kappa shape index (κ3) is 4.71. The molecule has 162 valence electrons. The molecule has 2 atom stereocenters. The summed E-state index contributed by atoms with van der Waals surface area (Å²) in [6.45, 7) is 1.99. The molecule has 7 heteroatoms. The standard InChI is InChI=1S/C24H26N2O5/c1-14(15-10-11-15)25-23(29)21(12-22(27)28)26-24(30)31-13-20-18-8-4-2-6-16(18)17-7-3-5-9-19(17)20/h2-9,14-15,20-21H,10-13H2,1H3,(H,25,29)(H,26,30)(H,27,28). The molecule has 2 aliphatic rings. The summed E-state index contributed by atoms with van der Waals surface area (Å²) in [6.07, 6.45) is 0.783. The Balaban J connectivity index is 1.40. The first-order valence-corrected chi connectivity index (χ1v) is 10.6. The van der Waals surface area contributed by atoms with Crippen LogP contribution in [0.1, 0.15) is 43.2 Å². The first-order chi connectivity index (χ1) is 14.9. The van der Waals surface area contributed by atoms with Gasteiger partial charge in [-0.05, 0) is 47.9 Å². The highest BCUT2D eigenvalue weighted by atomic mass is 16.5. The lowest BCUT2D eigenvalue weighted by Crippen LogP contribution is -2.50. The topological polar surface area (TPSA) is 105 Å². The van der Waals surface area contributed by atoms with Crippen molar-refractivity contribution in [3.63, 3.8) is 0 Å². The Labute approximate surface area is 180 Å². The number of carboxylic acids is 1. The molecule has 0 spiro atoms. The molecular weight excluding hydrogens is 396 g/mol. The number of nitrogens with one attached hydrogen (secondary N) is 2. The van der Waals surface area contributed by atoms with Crippen LogP contribution in [0.5, 0.6) is 0 Å². The van der Waals surface area contributed by atoms with Gasteiger partial charge in [-0.2, -0.15) is 0 Å². The number of benzene rings is 2. The summed E-state index contributed by atoms with van der Waals surface area (Å²) in [5, 5.41) is 14.4. The van der Waals surface area contributed by atoms with E-state index in [0.717, 1.165) is 35.1 Å². The van der Waals surface area contributed by atoms with Gasteiger partial charge in [0.05, 0.1) is 6.42 Å². The summed E-state index contributed by atoms with van der Waals surface area (Å²) in [5.41, 5.74) is 4.39. The van der Waals surface area contributed by atoms with Crippen LogP contribution < -0.4 is 10.6 Å². The van der Waals surface area contributed by atoms with Crippen LogP contribution in [0.3, 0.4) is 0 Å². The van der Waals surface area contributed by atoms with Crippen molar-refractivity contribution in [3.05, 3.63) is 59.7 Å². The second kappa shape index (κ2) is 8.79. The van der Waals surface area contributed by atoms with E-state index in [2.05, 4.69) is 10.6 Å². The molecule has 31 heavy (non-hydrogen) atoms. The SMILES string of the molecule is CC(NC(=O)C(CC(=O)O)NC(=O)OCC1c2ccccc2-c2ccccc21)C1CC1. The summed E-state index contributed by atoms with van der Waals surface area (Å²) in [6, 6.07) is 14.7. The van der Waals surface area contributed by atoms with E-state index >= 15 is 0 Å². The average molecular weight is 422 g/mol. The van der Waals surface area contributed by atoms with Crippen molar-refractivity contribution in [1.82, 2.24) is 10.6 Å². The Morgan fingerprint density at radius 2 is 1.58 bits per heavy atom. The number of fused-ring (bicyclic) bond motifs is 3. The summed E-state index contributed by atoms with van der Waals surface area (Å²) < 4.78 is 5.44. The highest BCUT2D eigenvalue weighted by Crippen LogP contribution is 2.44. The fourth-order valence-electron chi connectivity index (χ4n) is 4.21. The van der Waals surface area contributed by atoms with Gasteiger partial charge in [0.2, 0.25) is 5.91 Å². The zero-order valence-electron chi connectivity index (χ0n) is 17.3. The maximum atomic E-state index is 12.5. The predicted molar refractivity (Wildman–Crippen MR) is 115 cm³/mol. The number of alkyl carbamates (subject to hydrolysis) is 1. The van der Waals surface area contributed by atoms with E-state index in [4.69, 9.17) is 9.84 Å². The van der Waals surface area contributed by atoms with Crippen LogP contribution in [0.15, 0.2) is 48.5 Å². The zero-order valence-corrected chi connectivity index (χ0v) is 17.3. The number of hydrogen-bond acceptors (Lipinski definition) is 4. The molecule has 2 aromatic rings. The lowest BCUT2D eigenvalue weighted by atomic mass is 9.98. The predicted octanol–water partition coefficient (Wildman–Crippen LogP) is 3.28. The number of hydrogen-bond donors (Lipinski definition) is 3. The van der Waals surface area contributed by atoms with Gasteiger partial charge in [0.25, 0.3) is 0 Å². The van der Waals surface area contributed by atoms with Crippen molar-refractivity contribution in [2.75, 3.05) is 6.61 Å². The molecule has 2 amide bonds. The largest absolute Gasteiger partial charge is 0.481 e. The quantitative estimate of drug-likeness (QED) is 0.606. The third-order valence-corrected chi connectivity index (χ3v) is 6.03. The maximum absolute atomic E-state index is 12.5. The van der Waals surface area contributed by atoms with Crippen LogP contribution in [0.4, 0.5) is 4.79 Å². The molecule has 0 aromatic heterocycles. The fourth-order valence-corrected chi connectivity index (χ4v) is 4.21. The van der Waals surface area contributed by atoms with Crippen molar-refractivity contribution >= 4 is 18.0 Å². The molecule has 3 N–H and O–H groups in total. The van der Waals surface area contributed by atoms with E-state index < -0.39 is 30.4 Å². The Kier molecular flexibility index (Phi) is 5.93.